The number of nitrogens with one attached hydrogen (secondary N) is 2. The van der Waals surface area contributed by atoms with Gasteiger partial charge in [0.1, 0.15) is 0 Å². The van der Waals surface area contributed by atoms with E-state index in [2.05, 4.69) is 10.0 Å². The number of hydrogen-bond acceptors (Lipinski definition) is 5. The number of likely N-dealkylation sites (tertiary alicyclic amines) is 1. The lowest BCUT2D eigenvalue weighted by Crippen LogP contribution is -2.41. The number of rotatable bonds is 8. The van der Waals surface area contributed by atoms with Crippen LogP contribution in [0, 0.1) is 5.92 Å². The van der Waals surface area contributed by atoms with Gasteiger partial charge in [0.2, 0.25) is 15.9 Å². The normalized spacial score (nSPS) is 15.2. The van der Waals surface area contributed by atoms with Gasteiger partial charge in [0.25, 0.3) is 5.91 Å². The summed E-state index contributed by atoms with van der Waals surface area (Å²) >= 11 is 1.42. The number of hydrogen-bond donors (Lipinski definition) is 2. The Morgan fingerprint density at radius 1 is 1.17 bits per heavy atom. The van der Waals surface area contributed by atoms with Crippen LogP contribution in [0.2, 0.25) is 0 Å². The molecule has 2 heterocycles. The van der Waals surface area contributed by atoms with Crippen LogP contribution in [0.5, 0.6) is 0 Å². The van der Waals surface area contributed by atoms with Crippen LogP contribution in [0.3, 0.4) is 0 Å². The Morgan fingerprint density at radius 3 is 2.60 bits per heavy atom. The Bertz CT molecular complexity index is 966. The van der Waals surface area contributed by atoms with Gasteiger partial charge in [-0.3, -0.25) is 9.59 Å². The zero-order valence-electron chi connectivity index (χ0n) is 17.0. The summed E-state index contributed by atoms with van der Waals surface area (Å²) in [7, 11) is -3.60. The molecule has 0 bridgehead atoms. The third kappa shape index (κ3) is 5.68. The number of anilines is 1. The van der Waals surface area contributed by atoms with Crippen LogP contribution in [0.15, 0.2) is 46.7 Å². The first-order valence-corrected chi connectivity index (χ1v) is 12.5. The highest BCUT2D eigenvalue weighted by Crippen LogP contribution is 2.23. The van der Waals surface area contributed by atoms with Gasteiger partial charge >= 0.3 is 0 Å². The third-order valence-electron chi connectivity index (χ3n) is 5.12. The smallest absolute Gasteiger partial charge is 0.263 e. The van der Waals surface area contributed by atoms with E-state index in [0.717, 1.165) is 12.8 Å². The van der Waals surface area contributed by atoms with Crippen molar-refractivity contribution in [3.63, 3.8) is 0 Å². The van der Waals surface area contributed by atoms with E-state index in [1.54, 1.807) is 17.0 Å². The van der Waals surface area contributed by atoms with E-state index >= 15 is 0 Å². The van der Waals surface area contributed by atoms with Crippen molar-refractivity contribution in [2.45, 2.75) is 37.5 Å². The summed E-state index contributed by atoms with van der Waals surface area (Å²) in [5.41, 5.74) is 0.454. The molecule has 1 saturated heterocycles. The molecule has 1 fully saturated rings. The molecule has 3 rings (SSSR count). The van der Waals surface area contributed by atoms with Crippen LogP contribution in [0.25, 0.3) is 0 Å². The van der Waals surface area contributed by atoms with Crippen molar-refractivity contribution >= 4 is 38.9 Å². The van der Waals surface area contributed by atoms with E-state index in [-0.39, 0.29) is 22.6 Å². The second-order valence-electron chi connectivity index (χ2n) is 7.31. The predicted molar refractivity (Wildman–Crippen MR) is 118 cm³/mol. The Hall–Kier alpha value is -2.23. The summed E-state index contributed by atoms with van der Waals surface area (Å²) in [6.45, 7) is 3.44. The second kappa shape index (κ2) is 10.2. The fourth-order valence-electron chi connectivity index (χ4n) is 3.35. The highest BCUT2D eigenvalue weighted by Gasteiger charge is 2.28. The number of carbonyl (C=O) groups is 2. The summed E-state index contributed by atoms with van der Waals surface area (Å²) in [6.07, 6.45) is 2.83. The van der Waals surface area contributed by atoms with E-state index in [1.165, 1.54) is 23.5 Å². The summed E-state index contributed by atoms with van der Waals surface area (Å²) in [4.78, 5) is 27.7. The van der Waals surface area contributed by atoms with Gasteiger partial charge in [0, 0.05) is 31.2 Å². The van der Waals surface area contributed by atoms with E-state index in [9.17, 15) is 18.0 Å². The highest BCUT2D eigenvalue weighted by atomic mass is 32.2. The number of sulfonamides is 1. The number of carbonyl (C=O) groups excluding carboxylic acids is 2. The molecule has 30 heavy (non-hydrogen) atoms. The van der Waals surface area contributed by atoms with Gasteiger partial charge in [-0.1, -0.05) is 25.5 Å². The number of nitrogens with zero attached hydrogens (tertiary/aromatic N) is 1. The summed E-state index contributed by atoms with van der Waals surface area (Å²) in [6, 6.07) is 9.95. The van der Waals surface area contributed by atoms with Crippen molar-refractivity contribution in [1.82, 2.24) is 9.62 Å². The maximum absolute atomic E-state index is 12.7. The first-order chi connectivity index (χ1) is 14.4. The maximum Gasteiger partial charge on any atom is 0.263 e. The van der Waals surface area contributed by atoms with Crippen molar-refractivity contribution in [3.8, 4) is 0 Å². The van der Waals surface area contributed by atoms with Crippen LogP contribution < -0.4 is 10.0 Å². The summed E-state index contributed by atoms with van der Waals surface area (Å²) in [5.74, 6) is -0.343. The maximum atomic E-state index is 12.7. The van der Waals surface area contributed by atoms with Crippen LogP contribution in [-0.2, 0) is 14.8 Å². The van der Waals surface area contributed by atoms with Gasteiger partial charge in [-0.15, -0.1) is 11.3 Å². The molecule has 2 amide bonds. The van der Waals surface area contributed by atoms with Crippen LogP contribution in [0.1, 0.15) is 42.3 Å². The lowest BCUT2D eigenvalue weighted by Gasteiger charge is -2.31. The molecule has 0 radical (unpaired) electrons. The Labute approximate surface area is 181 Å². The molecule has 1 aliphatic rings. The number of piperidine rings is 1. The number of thiophene rings is 1. The van der Waals surface area contributed by atoms with E-state index in [0.29, 0.717) is 43.0 Å². The van der Waals surface area contributed by atoms with Crippen LogP contribution in [0.4, 0.5) is 5.69 Å². The fourth-order valence-corrected chi connectivity index (χ4v) is 5.16. The zero-order chi connectivity index (χ0) is 21.6. The molecule has 162 valence electrons. The van der Waals surface area contributed by atoms with Gasteiger partial charge in [-0.25, -0.2) is 13.1 Å². The first kappa shape index (κ1) is 22.5. The molecule has 1 aromatic heterocycles. The molecule has 0 atom stereocenters. The molecule has 0 saturated carbocycles. The molecular weight excluding hydrogens is 422 g/mol. The number of benzene rings is 1. The topological polar surface area (TPSA) is 95.6 Å². The monoisotopic (exact) mass is 449 g/mol. The molecule has 0 spiro atoms. The van der Waals surface area contributed by atoms with Crippen molar-refractivity contribution in [2.75, 3.05) is 25.0 Å². The Morgan fingerprint density at radius 2 is 1.93 bits per heavy atom. The minimum Gasteiger partial charge on any atom is -0.338 e. The molecule has 7 nitrogen and oxygen atoms in total. The highest BCUT2D eigenvalue weighted by molar-refractivity contribution is 7.89. The van der Waals surface area contributed by atoms with Gasteiger partial charge in [0.15, 0.2) is 0 Å². The average Bonchev–Trinajstić information content (AvgIpc) is 3.28. The van der Waals surface area contributed by atoms with Gasteiger partial charge in [-0.05, 0) is 48.9 Å². The molecule has 0 aliphatic carbocycles. The van der Waals surface area contributed by atoms with Crippen LogP contribution >= 0.6 is 11.3 Å². The quantitative estimate of drug-likeness (QED) is 0.605. The molecular formula is C21H27N3O4S2. The van der Waals surface area contributed by atoms with Crippen molar-refractivity contribution in [3.05, 3.63) is 46.7 Å². The minimum absolute atomic E-state index is 0.0114. The van der Waals surface area contributed by atoms with Crippen molar-refractivity contribution in [1.29, 1.82) is 0 Å². The lowest BCUT2D eigenvalue weighted by atomic mass is 9.95. The molecule has 0 unspecified atom stereocenters. The Balaban J connectivity index is 1.56. The molecule has 2 aromatic rings. The fraction of sp³-hybridized carbons (Fsp3) is 0.429. The van der Waals surface area contributed by atoms with Gasteiger partial charge in [0.05, 0.1) is 9.77 Å². The zero-order valence-corrected chi connectivity index (χ0v) is 18.6. The molecule has 1 aliphatic heterocycles. The van der Waals surface area contributed by atoms with Crippen LogP contribution in [-0.4, -0.2) is 44.8 Å². The van der Waals surface area contributed by atoms with Gasteiger partial charge in [-0.2, -0.15) is 0 Å². The number of amides is 2. The van der Waals surface area contributed by atoms with Crippen molar-refractivity contribution < 1.29 is 18.0 Å². The van der Waals surface area contributed by atoms with E-state index in [4.69, 9.17) is 0 Å². The lowest BCUT2D eigenvalue weighted by molar-refractivity contribution is -0.121. The SMILES string of the molecule is CCCCNS(=O)(=O)c1cccc(NC(=O)C2CCN(C(=O)c3cccs3)CC2)c1. The molecule has 2 N–H and O–H groups in total. The number of unbranched alkanes of at least 4 members (excludes halogenated alkanes) is 1. The standard InChI is InChI=1S/C21H27N3O4S2/c1-2-3-11-22-30(27,28)18-7-4-6-17(15-18)23-20(25)16-9-12-24(13-10-16)21(26)19-8-5-14-29-19/h4-8,14-16,22H,2-3,9-13H2,1H3,(H,23,25). The average molecular weight is 450 g/mol. The largest absolute Gasteiger partial charge is 0.338 e. The summed E-state index contributed by atoms with van der Waals surface area (Å²) < 4.78 is 27.3. The minimum atomic E-state index is -3.60. The molecule has 9 heteroatoms. The third-order valence-corrected chi connectivity index (χ3v) is 7.44. The molecule has 1 aromatic carbocycles. The first-order valence-electron chi connectivity index (χ1n) is 10.1. The van der Waals surface area contributed by atoms with Gasteiger partial charge < -0.3 is 10.2 Å². The summed E-state index contributed by atoms with van der Waals surface area (Å²) in [5, 5.41) is 4.71. The van der Waals surface area contributed by atoms with E-state index < -0.39 is 10.0 Å². The van der Waals surface area contributed by atoms with Crippen molar-refractivity contribution in [2.24, 2.45) is 5.92 Å². The predicted octanol–water partition coefficient (Wildman–Crippen LogP) is 3.32. The second-order valence-corrected chi connectivity index (χ2v) is 10.0. The Kier molecular flexibility index (Phi) is 7.63. The van der Waals surface area contributed by atoms with E-state index in [1.807, 2.05) is 24.4 Å².